The van der Waals surface area contributed by atoms with Crippen LogP contribution >= 0.6 is 11.6 Å². The molecule has 1 aliphatic heterocycles. The standard InChI is InChI=1S/C20H18ClN3O4/c1-2-11-3-5-12(6-4-11)18-14(21)8-15-19(23-18)24-20(22-15)28-13-7-16(26)17(9-25)27-10-13/h1,3-6,8,13,16-17,25-26H,7,9-10H2,(H,22,23,24)/t13-,16+,17-/m1/s1. The molecule has 144 valence electrons. The van der Waals surface area contributed by atoms with E-state index in [4.69, 9.17) is 32.6 Å². The molecule has 28 heavy (non-hydrogen) atoms. The first-order chi connectivity index (χ1) is 13.6. The quantitative estimate of drug-likeness (QED) is 0.581. The lowest BCUT2D eigenvalue weighted by atomic mass is 10.0. The summed E-state index contributed by atoms with van der Waals surface area (Å²) in [6, 6.07) is 9.37. The number of H-pyrrole nitrogens is 1. The van der Waals surface area contributed by atoms with Gasteiger partial charge in [-0.05, 0) is 18.2 Å². The van der Waals surface area contributed by atoms with Gasteiger partial charge in [-0.3, -0.25) is 0 Å². The van der Waals surface area contributed by atoms with E-state index in [-0.39, 0.29) is 25.3 Å². The lowest BCUT2D eigenvalue weighted by Crippen LogP contribution is -2.45. The predicted octanol–water partition coefficient (Wildman–Crippen LogP) is 2.15. The van der Waals surface area contributed by atoms with Gasteiger partial charge in [0.15, 0.2) is 5.65 Å². The summed E-state index contributed by atoms with van der Waals surface area (Å²) in [4.78, 5) is 11.9. The summed E-state index contributed by atoms with van der Waals surface area (Å²) in [6.45, 7) is 0.0202. The number of aliphatic hydroxyl groups excluding tert-OH is 2. The van der Waals surface area contributed by atoms with E-state index in [1.165, 1.54) is 0 Å². The van der Waals surface area contributed by atoms with Crippen molar-refractivity contribution in [3.05, 3.63) is 40.9 Å². The molecule has 1 fully saturated rings. The van der Waals surface area contributed by atoms with Gasteiger partial charge in [0.25, 0.3) is 6.01 Å². The Bertz CT molecular complexity index is 1030. The molecule has 0 amide bonds. The number of imidazole rings is 1. The molecular formula is C20H18ClN3O4. The number of benzene rings is 1. The van der Waals surface area contributed by atoms with Gasteiger partial charge in [-0.2, -0.15) is 4.98 Å². The second-order valence-corrected chi connectivity index (χ2v) is 6.96. The normalized spacial score (nSPS) is 22.1. The molecular weight excluding hydrogens is 382 g/mol. The molecule has 0 saturated carbocycles. The van der Waals surface area contributed by atoms with Crippen molar-refractivity contribution in [1.29, 1.82) is 0 Å². The van der Waals surface area contributed by atoms with Gasteiger partial charge < -0.3 is 24.7 Å². The number of aromatic nitrogens is 3. The van der Waals surface area contributed by atoms with Crippen LogP contribution in [0.1, 0.15) is 12.0 Å². The number of nitrogens with zero attached hydrogens (tertiary/aromatic N) is 2. The molecule has 1 aliphatic rings. The molecule has 1 aromatic carbocycles. The van der Waals surface area contributed by atoms with Gasteiger partial charge in [0.1, 0.15) is 12.2 Å². The number of hydrogen-bond donors (Lipinski definition) is 3. The third kappa shape index (κ3) is 3.68. The van der Waals surface area contributed by atoms with Crippen LogP contribution < -0.4 is 4.74 Å². The Morgan fingerprint density at radius 3 is 2.79 bits per heavy atom. The Morgan fingerprint density at radius 2 is 2.11 bits per heavy atom. The third-order valence-corrected chi connectivity index (χ3v) is 4.91. The Kier molecular flexibility index (Phi) is 5.20. The summed E-state index contributed by atoms with van der Waals surface area (Å²) < 4.78 is 11.2. The molecule has 3 heterocycles. The van der Waals surface area contributed by atoms with E-state index in [2.05, 4.69) is 20.9 Å². The molecule has 3 atom stereocenters. The number of rotatable bonds is 4. The number of hydrogen-bond acceptors (Lipinski definition) is 6. The maximum Gasteiger partial charge on any atom is 0.296 e. The molecule has 0 spiro atoms. The number of halogens is 1. The van der Waals surface area contributed by atoms with Crippen molar-refractivity contribution in [3.63, 3.8) is 0 Å². The fraction of sp³-hybridized carbons (Fsp3) is 0.300. The Hall–Kier alpha value is -2.63. The van der Waals surface area contributed by atoms with Crippen LogP contribution in [-0.4, -0.2) is 56.7 Å². The zero-order chi connectivity index (χ0) is 19.7. The van der Waals surface area contributed by atoms with Crippen molar-refractivity contribution >= 4 is 22.8 Å². The number of fused-ring (bicyclic) bond motifs is 1. The summed E-state index contributed by atoms with van der Waals surface area (Å²) in [5, 5.41) is 19.6. The summed E-state index contributed by atoms with van der Waals surface area (Å²) in [7, 11) is 0. The van der Waals surface area contributed by atoms with E-state index in [1.807, 2.05) is 24.3 Å². The number of nitrogens with one attached hydrogen (secondary N) is 1. The minimum absolute atomic E-state index is 0.230. The van der Waals surface area contributed by atoms with E-state index in [0.29, 0.717) is 28.3 Å². The van der Waals surface area contributed by atoms with Crippen LogP contribution in [0, 0.1) is 12.3 Å². The number of pyridine rings is 1. The van der Waals surface area contributed by atoms with Crippen molar-refractivity contribution in [3.8, 4) is 29.6 Å². The van der Waals surface area contributed by atoms with E-state index in [9.17, 15) is 5.11 Å². The molecule has 7 nitrogen and oxygen atoms in total. The van der Waals surface area contributed by atoms with Gasteiger partial charge >= 0.3 is 0 Å². The van der Waals surface area contributed by atoms with Crippen LogP contribution in [-0.2, 0) is 4.74 Å². The molecule has 0 aliphatic carbocycles. The van der Waals surface area contributed by atoms with Crippen LogP contribution in [0.5, 0.6) is 6.01 Å². The number of aromatic amines is 1. The fourth-order valence-corrected chi connectivity index (χ4v) is 3.38. The number of aliphatic hydroxyl groups is 2. The van der Waals surface area contributed by atoms with Crippen LogP contribution in [0.2, 0.25) is 5.02 Å². The average Bonchev–Trinajstić information content (AvgIpc) is 3.08. The molecule has 3 aromatic rings. The zero-order valence-corrected chi connectivity index (χ0v) is 15.6. The lowest BCUT2D eigenvalue weighted by Gasteiger charge is -2.31. The van der Waals surface area contributed by atoms with E-state index in [0.717, 1.165) is 11.1 Å². The summed E-state index contributed by atoms with van der Waals surface area (Å²) in [5.41, 5.74) is 3.29. The monoisotopic (exact) mass is 399 g/mol. The molecule has 0 bridgehead atoms. The highest BCUT2D eigenvalue weighted by atomic mass is 35.5. The summed E-state index contributed by atoms with van der Waals surface area (Å²) in [5.74, 6) is 2.57. The third-order valence-electron chi connectivity index (χ3n) is 4.62. The Morgan fingerprint density at radius 1 is 1.32 bits per heavy atom. The highest BCUT2D eigenvalue weighted by Crippen LogP contribution is 2.30. The minimum Gasteiger partial charge on any atom is -0.459 e. The fourth-order valence-electron chi connectivity index (χ4n) is 3.12. The van der Waals surface area contributed by atoms with Gasteiger partial charge in [0.2, 0.25) is 0 Å². The van der Waals surface area contributed by atoms with E-state index < -0.39 is 12.2 Å². The maximum absolute atomic E-state index is 9.96. The summed E-state index contributed by atoms with van der Waals surface area (Å²) >= 11 is 6.40. The Labute approximate surface area is 166 Å². The zero-order valence-electron chi connectivity index (χ0n) is 14.8. The van der Waals surface area contributed by atoms with Gasteiger partial charge in [0, 0.05) is 17.5 Å². The first kappa shape index (κ1) is 18.7. The van der Waals surface area contributed by atoms with Gasteiger partial charge in [-0.1, -0.05) is 29.7 Å². The smallest absolute Gasteiger partial charge is 0.296 e. The molecule has 0 unspecified atom stereocenters. The van der Waals surface area contributed by atoms with Crippen LogP contribution in [0.4, 0.5) is 0 Å². The van der Waals surface area contributed by atoms with Gasteiger partial charge in [-0.25, -0.2) is 4.98 Å². The predicted molar refractivity (Wildman–Crippen MR) is 104 cm³/mol. The number of ether oxygens (including phenoxy) is 2. The van der Waals surface area contributed by atoms with Gasteiger partial charge in [-0.15, -0.1) is 6.42 Å². The first-order valence-corrected chi connectivity index (χ1v) is 9.15. The molecule has 0 radical (unpaired) electrons. The van der Waals surface area contributed by atoms with Crippen molar-refractivity contribution in [2.24, 2.45) is 0 Å². The molecule has 3 N–H and O–H groups in total. The molecule has 2 aromatic heterocycles. The highest BCUT2D eigenvalue weighted by Gasteiger charge is 2.31. The van der Waals surface area contributed by atoms with Crippen molar-refractivity contribution < 1.29 is 19.7 Å². The molecule has 4 rings (SSSR count). The van der Waals surface area contributed by atoms with E-state index >= 15 is 0 Å². The SMILES string of the molecule is C#Cc1ccc(-c2nc3nc(O[C@H]4CO[C@H](CO)[C@@H](O)C4)[nH]c3cc2Cl)cc1. The topological polar surface area (TPSA) is 100 Å². The highest BCUT2D eigenvalue weighted by molar-refractivity contribution is 6.33. The van der Waals surface area contributed by atoms with Crippen molar-refractivity contribution in [1.82, 2.24) is 15.0 Å². The lowest BCUT2D eigenvalue weighted by molar-refractivity contribution is -0.131. The number of terminal acetylenes is 1. The molecule has 8 heteroatoms. The van der Waals surface area contributed by atoms with Gasteiger partial charge in [0.05, 0.1) is 35.6 Å². The summed E-state index contributed by atoms with van der Waals surface area (Å²) in [6.07, 6.45) is 3.96. The second kappa shape index (κ2) is 7.78. The first-order valence-electron chi connectivity index (χ1n) is 8.78. The minimum atomic E-state index is -0.793. The van der Waals surface area contributed by atoms with Crippen LogP contribution in [0.15, 0.2) is 30.3 Å². The maximum atomic E-state index is 9.96. The molecule has 1 saturated heterocycles. The Balaban J connectivity index is 1.57. The van der Waals surface area contributed by atoms with Crippen molar-refractivity contribution in [2.45, 2.75) is 24.7 Å². The average molecular weight is 400 g/mol. The van der Waals surface area contributed by atoms with E-state index in [1.54, 1.807) is 6.07 Å². The van der Waals surface area contributed by atoms with Crippen molar-refractivity contribution in [2.75, 3.05) is 13.2 Å². The second-order valence-electron chi connectivity index (χ2n) is 6.55. The van der Waals surface area contributed by atoms with Crippen LogP contribution in [0.3, 0.4) is 0 Å². The van der Waals surface area contributed by atoms with Crippen LogP contribution in [0.25, 0.3) is 22.4 Å². The largest absolute Gasteiger partial charge is 0.459 e.